The van der Waals surface area contributed by atoms with E-state index in [-0.39, 0.29) is 4.90 Å². The molecule has 10 heteroatoms. The third-order valence-electron chi connectivity index (χ3n) is 2.01. The van der Waals surface area contributed by atoms with Gasteiger partial charge in [-0.2, -0.15) is 8.42 Å². The number of carbonyl (C=O) groups is 1. The summed E-state index contributed by atoms with van der Waals surface area (Å²) in [6, 6.07) is 4.56. The number of amides is 2. The van der Waals surface area contributed by atoms with E-state index in [9.17, 15) is 13.2 Å². The van der Waals surface area contributed by atoms with Gasteiger partial charge in [-0.3, -0.25) is 9.87 Å². The molecule has 0 saturated heterocycles. The molecule has 0 aliphatic carbocycles. The van der Waals surface area contributed by atoms with Gasteiger partial charge >= 0.3 is 6.03 Å². The Hall–Kier alpha value is -2.04. The second-order valence-corrected chi connectivity index (χ2v) is 5.57. The number of benzene rings is 1. The number of anilines is 2. The minimum absolute atomic E-state index is 0.245. The smallest absolute Gasteiger partial charge is 0.308 e. The summed E-state index contributed by atoms with van der Waals surface area (Å²) in [7, 11) is -4.23. The molecule has 0 bridgehead atoms. The number of hydrogen-bond donors (Lipinski definition) is 3. The molecule has 2 amide bonds. The first-order valence-electron chi connectivity index (χ1n) is 4.88. The topological polar surface area (TPSA) is 121 Å². The highest BCUT2D eigenvalue weighted by atomic mass is 32.2. The first kappa shape index (κ1) is 13.4. The van der Waals surface area contributed by atoms with Gasteiger partial charge in [0.05, 0.1) is 11.1 Å². The average molecular weight is 300 g/mol. The van der Waals surface area contributed by atoms with Crippen LogP contribution in [0.5, 0.6) is 0 Å². The summed E-state index contributed by atoms with van der Waals surface area (Å²) in [6.07, 6.45) is 1.39. The van der Waals surface area contributed by atoms with Crippen LogP contribution in [0, 0.1) is 0 Å². The van der Waals surface area contributed by atoms with Gasteiger partial charge in [0.1, 0.15) is 5.00 Å². The Labute approximate surface area is 112 Å². The van der Waals surface area contributed by atoms with Gasteiger partial charge in [-0.05, 0) is 24.3 Å². The summed E-state index contributed by atoms with van der Waals surface area (Å²) in [6.45, 7) is 0. The fourth-order valence-electron chi connectivity index (χ4n) is 1.21. The van der Waals surface area contributed by atoms with Crippen LogP contribution < -0.4 is 10.6 Å². The molecule has 0 aliphatic rings. The fraction of sp³-hybridized carbons (Fsp3) is 0. The predicted octanol–water partition coefficient (Wildman–Crippen LogP) is 1.43. The van der Waals surface area contributed by atoms with Crippen molar-refractivity contribution in [2.45, 2.75) is 4.90 Å². The van der Waals surface area contributed by atoms with Gasteiger partial charge in [-0.25, -0.2) is 4.79 Å². The van der Waals surface area contributed by atoms with Crippen molar-refractivity contribution in [2.24, 2.45) is 0 Å². The maximum atomic E-state index is 11.5. The molecule has 1 heterocycles. The molecule has 0 aliphatic heterocycles. The summed E-state index contributed by atoms with van der Waals surface area (Å²) < 4.78 is 34.0. The van der Waals surface area contributed by atoms with Crippen LogP contribution in [0.3, 0.4) is 0 Å². The maximum Gasteiger partial charge on any atom is 0.324 e. The zero-order valence-electron chi connectivity index (χ0n) is 9.27. The second-order valence-electron chi connectivity index (χ2n) is 3.36. The molecule has 3 N–H and O–H groups in total. The average Bonchev–Trinajstić information content (AvgIpc) is 2.81. The van der Waals surface area contributed by atoms with Crippen molar-refractivity contribution in [1.82, 2.24) is 9.59 Å². The number of nitrogens with zero attached hydrogens (tertiary/aromatic N) is 2. The number of rotatable bonds is 3. The summed E-state index contributed by atoms with van der Waals surface area (Å²) >= 11 is 1.02. The maximum absolute atomic E-state index is 11.5. The number of urea groups is 1. The van der Waals surface area contributed by atoms with Gasteiger partial charge in [0.2, 0.25) is 0 Å². The molecule has 100 valence electrons. The van der Waals surface area contributed by atoms with E-state index in [1.54, 1.807) is 0 Å². The Bertz CT molecular complexity index is 667. The number of aromatic nitrogens is 2. The Morgan fingerprint density at radius 1 is 1.21 bits per heavy atom. The summed E-state index contributed by atoms with van der Waals surface area (Å²) in [4.78, 5) is 11.3. The van der Waals surface area contributed by atoms with Gasteiger partial charge in [0.25, 0.3) is 10.1 Å². The molecule has 0 spiro atoms. The van der Waals surface area contributed by atoms with Crippen LogP contribution in [0.15, 0.2) is 35.4 Å². The van der Waals surface area contributed by atoms with Crippen molar-refractivity contribution >= 4 is 38.4 Å². The Balaban J connectivity index is 2.02. The lowest BCUT2D eigenvalue weighted by Gasteiger charge is -2.05. The quantitative estimate of drug-likeness (QED) is 0.737. The van der Waals surface area contributed by atoms with Gasteiger partial charge in [0, 0.05) is 17.2 Å². The molecule has 2 rings (SSSR count). The largest absolute Gasteiger partial charge is 0.324 e. The predicted molar refractivity (Wildman–Crippen MR) is 68.8 cm³/mol. The van der Waals surface area contributed by atoms with Crippen LogP contribution in [0.1, 0.15) is 0 Å². The van der Waals surface area contributed by atoms with E-state index in [1.165, 1.54) is 30.5 Å². The van der Waals surface area contributed by atoms with E-state index >= 15 is 0 Å². The van der Waals surface area contributed by atoms with Gasteiger partial charge in [0.15, 0.2) is 0 Å². The lowest BCUT2D eigenvalue weighted by Crippen LogP contribution is -2.18. The standard InChI is InChI=1S/C9H8N4O4S2/c14-9(12-8-5-10-13-18-8)11-6-1-3-7(4-2-6)19(15,16)17/h1-5H,(H2,11,12,14)(H,15,16,17). The third kappa shape index (κ3) is 3.71. The number of nitrogens with one attached hydrogen (secondary N) is 2. The molecule has 19 heavy (non-hydrogen) atoms. The highest BCUT2D eigenvalue weighted by Crippen LogP contribution is 2.14. The van der Waals surface area contributed by atoms with Crippen molar-refractivity contribution in [2.75, 3.05) is 10.6 Å². The van der Waals surface area contributed by atoms with E-state index in [0.29, 0.717) is 10.7 Å². The van der Waals surface area contributed by atoms with Crippen molar-refractivity contribution in [3.05, 3.63) is 30.5 Å². The van der Waals surface area contributed by atoms with Crippen molar-refractivity contribution < 1.29 is 17.8 Å². The van der Waals surface area contributed by atoms with Crippen LogP contribution in [-0.4, -0.2) is 28.6 Å². The van der Waals surface area contributed by atoms with Crippen LogP contribution in [-0.2, 0) is 10.1 Å². The molecule has 0 unspecified atom stereocenters. The number of carbonyl (C=O) groups excluding carboxylic acids is 1. The van der Waals surface area contributed by atoms with Crippen molar-refractivity contribution in [3.8, 4) is 0 Å². The molecule has 2 aromatic rings. The highest BCUT2D eigenvalue weighted by Gasteiger charge is 2.09. The molecule has 0 saturated carbocycles. The fourth-order valence-corrected chi connectivity index (χ4v) is 2.10. The molecule has 0 atom stereocenters. The van der Waals surface area contributed by atoms with Gasteiger partial charge < -0.3 is 5.32 Å². The van der Waals surface area contributed by atoms with Crippen LogP contribution in [0.4, 0.5) is 15.5 Å². The first-order valence-corrected chi connectivity index (χ1v) is 7.09. The third-order valence-corrected chi connectivity index (χ3v) is 3.46. The van der Waals surface area contributed by atoms with E-state index in [4.69, 9.17) is 4.55 Å². The van der Waals surface area contributed by atoms with Crippen molar-refractivity contribution in [1.29, 1.82) is 0 Å². The van der Waals surface area contributed by atoms with Crippen LogP contribution in [0.25, 0.3) is 0 Å². The monoisotopic (exact) mass is 300 g/mol. The van der Waals surface area contributed by atoms with Crippen molar-refractivity contribution in [3.63, 3.8) is 0 Å². The summed E-state index contributed by atoms with van der Waals surface area (Å²) in [5, 5.41) is 9.01. The minimum Gasteiger partial charge on any atom is -0.308 e. The lowest BCUT2D eigenvalue weighted by atomic mass is 10.3. The van der Waals surface area contributed by atoms with Gasteiger partial charge in [-0.15, -0.1) is 5.10 Å². The lowest BCUT2D eigenvalue weighted by molar-refractivity contribution is 0.262. The van der Waals surface area contributed by atoms with Crippen LogP contribution >= 0.6 is 11.5 Å². The SMILES string of the molecule is O=C(Nc1ccc(S(=O)(=O)O)cc1)Nc1cnns1. The molecular formula is C9H8N4O4S2. The van der Waals surface area contributed by atoms with E-state index in [2.05, 4.69) is 20.2 Å². The molecule has 1 aromatic carbocycles. The Morgan fingerprint density at radius 3 is 2.42 bits per heavy atom. The molecular weight excluding hydrogens is 292 g/mol. The van der Waals surface area contributed by atoms with E-state index in [1.807, 2.05) is 0 Å². The van der Waals surface area contributed by atoms with Gasteiger partial charge in [-0.1, -0.05) is 4.49 Å². The van der Waals surface area contributed by atoms with E-state index in [0.717, 1.165) is 11.5 Å². The molecule has 1 aromatic heterocycles. The molecule has 0 radical (unpaired) electrons. The normalized spacial score (nSPS) is 11.0. The van der Waals surface area contributed by atoms with Crippen LogP contribution in [0.2, 0.25) is 0 Å². The zero-order valence-corrected chi connectivity index (χ0v) is 10.9. The highest BCUT2D eigenvalue weighted by molar-refractivity contribution is 7.85. The van der Waals surface area contributed by atoms with E-state index < -0.39 is 16.1 Å². The first-order chi connectivity index (χ1) is 8.95. The number of hydrogen-bond acceptors (Lipinski definition) is 6. The zero-order chi connectivity index (χ0) is 13.9. The molecule has 8 nitrogen and oxygen atoms in total. The second kappa shape index (κ2) is 5.30. The molecule has 0 fully saturated rings. The Morgan fingerprint density at radius 2 is 1.89 bits per heavy atom. The summed E-state index contributed by atoms with van der Waals surface area (Å²) in [5.41, 5.74) is 0.377. The minimum atomic E-state index is -4.23. The Kier molecular flexibility index (Phi) is 3.74. The summed E-state index contributed by atoms with van der Waals surface area (Å²) in [5.74, 6) is 0.